The number of rotatable bonds is 4. The zero-order valence-corrected chi connectivity index (χ0v) is 15.6. The SMILES string of the molecule is CCCCc1ccc2c(c1)CCc1c-2ccc(-c2cc(F)c(F)c(F)c2)c1F. The smallest absolute Gasteiger partial charge is 0.194 e. The first kappa shape index (κ1) is 18.7. The van der Waals surface area contributed by atoms with Gasteiger partial charge < -0.3 is 0 Å². The number of hydrogen-bond acceptors (Lipinski definition) is 0. The number of aryl methyl sites for hydroxylation is 2. The molecule has 0 atom stereocenters. The molecule has 0 aromatic heterocycles. The zero-order valence-electron chi connectivity index (χ0n) is 15.6. The Kier molecular flexibility index (Phi) is 4.96. The van der Waals surface area contributed by atoms with Gasteiger partial charge in [-0.25, -0.2) is 17.6 Å². The Morgan fingerprint density at radius 2 is 1.43 bits per heavy atom. The molecule has 1 aliphatic rings. The van der Waals surface area contributed by atoms with Crippen molar-refractivity contribution in [1.82, 2.24) is 0 Å². The van der Waals surface area contributed by atoms with E-state index in [1.54, 1.807) is 6.07 Å². The van der Waals surface area contributed by atoms with Crippen LogP contribution in [0.3, 0.4) is 0 Å². The van der Waals surface area contributed by atoms with E-state index in [1.807, 2.05) is 6.07 Å². The van der Waals surface area contributed by atoms with Gasteiger partial charge in [0.2, 0.25) is 0 Å². The van der Waals surface area contributed by atoms with Crippen LogP contribution in [-0.4, -0.2) is 0 Å². The highest BCUT2D eigenvalue weighted by molar-refractivity contribution is 5.78. The molecule has 0 heterocycles. The molecule has 0 N–H and O–H groups in total. The summed E-state index contributed by atoms with van der Waals surface area (Å²) in [6.45, 7) is 2.16. The molecule has 0 saturated heterocycles. The zero-order chi connectivity index (χ0) is 19.8. The maximum atomic E-state index is 15.2. The fourth-order valence-electron chi connectivity index (χ4n) is 3.96. The average molecular weight is 384 g/mol. The number of benzene rings is 3. The third-order valence-corrected chi connectivity index (χ3v) is 5.46. The summed E-state index contributed by atoms with van der Waals surface area (Å²) in [5.74, 6) is -4.69. The van der Waals surface area contributed by atoms with Crippen LogP contribution in [0.5, 0.6) is 0 Å². The van der Waals surface area contributed by atoms with Gasteiger partial charge >= 0.3 is 0 Å². The van der Waals surface area contributed by atoms with Crippen molar-refractivity contribution in [3.8, 4) is 22.3 Å². The summed E-state index contributed by atoms with van der Waals surface area (Å²) < 4.78 is 55.6. The fourth-order valence-corrected chi connectivity index (χ4v) is 3.96. The van der Waals surface area contributed by atoms with Crippen LogP contribution in [0, 0.1) is 23.3 Å². The quantitative estimate of drug-likeness (QED) is 0.335. The Balaban J connectivity index is 1.77. The van der Waals surface area contributed by atoms with Crippen molar-refractivity contribution < 1.29 is 17.6 Å². The molecule has 3 aromatic carbocycles. The number of fused-ring (bicyclic) bond motifs is 3. The van der Waals surface area contributed by atoms with Gasteiger partial charge in [-0.15, -0.1) is 0 Å². The molecule has 0 amide bonds. The monoisotopic (exact) mass is 384 g/mol. The molecule has 0 unspecified atom stereocenters. The minimum atomic E-state index is -1.55. The average Bonchev–Trinajstić information content (AvgIpc) is 2.70. The third kappa shape index (κ3) is 3.21. The second kappa shape index (κ2) is 7.42. The van der Waals surface area contributed by atoms with Crippen LogP contribution in [0.15, 0.2) is 42.5 Å². The predicted molar refractivity (Wildman–Crippen MR) is 103 cm³/mol. The standard InChI is InChI=1S/C24H20F4/c1-2-3-4-14-5-7-17-15(11-14)6-8-20-19(17)10-9-18(23(20)27)16-12-21(25)24(28)22(26)13-16/h5,7,9-13H,2-4,6,8H2,1H3. The molecule has 1 aliphatic carbocycles. The van der Waals surface area contributed by atoms with Crippen molar-refractivity contribution in [3.63, 3.8) is 0 Å². The summed E-state index contributed by atoms with van der Waals surface area (Å²) in [6.07, 6.45) is 4.54. The van der Waals surface area contributed by atoms with Gasteiger partial charge in [0.25, 0.3) is 0 Å². The molecule has 0 radical (unpaired) electrons. The summed E-state index contributed by atoms with van der Waals surface area (Å²) in [6, 6.07) is 11.3. The molecule has 0 aliphatic heterocycles. The fraction of sp³-hybridized carbons (Fsp3) is 0.250. The molecule has 0 bridgehead atoms. The topological polar surface area (TPSA) is 0 Å². The van der Waals surface area contributed by atoms with E-state index in [9.17, 15) is 13.2 Å². The van der Waals surface area contributed by atoms with Crippen LogP contribution >= 0.6 is 0 Å². The van der Waals surface area contributed by atoms with Crippen LogP contribution in [-0.2, 0) is 19.3 Å². The van der Waals surface area contributed by atoms with Crippen molar-refractivity contribution in [2.75, 3.05) is 0 Å². The summed E-state index contributed by atoms with van der Waals surface area (Å²) >= 11 is 0. The van der Waals surface area contributed by atoms with Gasteiger partial charge in [-0.1, -0.05) is 43.7 Å². The summed E-state index contributed by atoms with van der Waals surface area (Å²) in [5.41, 5.74) is 4.93. The van der Waals surface area contributed by atoms with Crippen LogP contribution in [0.4, 0.5) is 17.6 Å². The molecular weight excluding hydrogens is 364 g/mol. The molecule has 0 fully saturated rings. The maximum absolute atomic E-state index is 15.2. The first-order valence-electron chi connectivity index (χ1n) is 9.58. The minimum absolute atomic E-state index is 0.00240. The number of unbranched alkanes of at least 4 members (excludes halogenated alkanes) is 1. The van der Waals surface area contributed by atoms with E-state index in [-0.39, 0.29) is 11.1 Å². The predicted octanol–water partition coefficient (Wildman–Crippen LogP) is 7.02. The van der Waals surface area contributed by atoms with Crippen LogP contribution in [0.1, 0.15) is 36.5 Å². The van der Waals surface area contributed by atoms with E-state index in [0.29, 0.717) is 12.0 Å². The molecule has 28 heavy (non-hydrogen) atoms. The van der Waals surface area contributed by atoms with Crippen molar-refractivity contribution in [2.24, 2.45) is 0 Å². The molecule has 0 nitrogen and oxygen atoms in total. The summed E-state index contributed by atoms with van der Waals surface area (Å²) in [5, 5.41) is 0. The second-order valence-corrected chi connectivity index (χ2v) is 7.30. The van der Waals surface area contributed by atoms with Crippen molar-refractivity contribution >= 4 is 0 Å². The maximum Gasteiger partial charge on any atom is 0.194 e. The Morgan fingerprint density at radius 3 is 2.14 bits per heavy atom. The Bertz CT molecular complexity index is 1030. The van der Waals surface area contributed by atoms with E-state index in [0.717, 1.165) is 48.9 Å². The lowest BCUT2D eigenvalue weighted by atomic mass is 9.82. The van der Waals surface area contributed by atoms with Crippen molar-refractivity contribution in [2.45, 2.75) is 39.0 Å². The Morgan fingerprint density at radius 1 is 0.750 bits per heavy atom. The van der Waals surface area contributed by atoms with Crippen LogP contribution in [0.2, 0.25) is 0 Å². The Hall–Kier alpha value is -2.62. The lowest BCUT2D eigenvalue weighted by molar-refractivity contribution is 0.447. The highest BCUT2D eigenvalue weighted by atomic mass is 19.2. The molecule has 144 valence electrons. The highest BCUT2D eigenvalue weighted by Gasteiger charge is 2.23. The van der Waals surface area contributed by atoms with Crippen molar-refractivity contribution in [3.05, 3.63) is 82.4 Å². The van der Waals surface area contributed by atoms with Crippen molar-refractivity contribution in [1.29, 1.82) is 0 Å². The Labute approximate surface area is 161 Å². The normalized spacial score (nSPS) is 12.6. The molecule has 4 heteroatoms. The molecule has 3 aromatic rings. The summed E-state index contributed by atoms with van der Waals surface area (Å²) in [7, 11) is 0. The third-order valence-electron chi connectivity index (χ3n) is 5.46. The van der Waals surface area contributed by atoms with Gasteiger partial charge in [-0.05, 0) is 71.2 Å². The van der Waals surface area contributed by atoms with Gasteiger partial charge in [0.15, 0.2) is 17.5 Å². The minimum Gasteiger partial charge on any atom is -0.206 e. The van der Waals surface area contributed by atoms with Gasteiger partial charge in [0.1, 0.15) is 5.82 Å². The lowest BCUT2D eigenvalue weighted by Gasteiger charge is -2.22. The molecule has 0 spiro atoms. The largest absolute Gasteiger partial charge is 0.206 e. The van der Waals surface area contributed by atoms with Gasteiger partial charge in [0, 0.05) is 5.56 Å². The van der Waals surface area contributed by atoms with E-state index >= 15 is 4.39 Å². The second-order valence-electron chi connectivity index (χ2n) is 7.30. The lowest BCUT2D eigenvalue weighted by Crippen LogP contribution is -2.08. The first-order chi connectivity index (χ1) is 13.5. The van der Waals surface area contributed by atoms with Gasteiger partial charge in [0.05, 0.1) is 0 Å². The van der Waals surface area contributed by atoms with Crippen LogP contribution in [0.25, 0.3) is 22.3 Å². The molecular formula is C24H20F4. The van der Waals surface area contributed by atoms with Gasteiger partial charge in [-0.3, -0.25) is 0 Å². The highest BCUT2D eigenvalue weighted by Crippen LogP contribution is 2.39. The molecule has 4 rings (SSSR count). The number of hydrogen-bond donors (Lipinski definition) is 0. The first-order valence-corrected chi connectivity index (χ1v) is 9.58. The van der Waals surface area contributed by atoms with Gasteiger partial charge in [-0.2, -0.15) is 0 Å². The van der Waals surface area contributed by atoms with E-state index in [2.05, 4.69) is 19.1 Å². The van der Waals surface area contributed by atoms with E-state index in [4.69, 9.17) is 0 Å². The van der Waals surface area contributed by atoms with E-state index < -0.39 is 23.3 Å². The van der Waals surface area contributed by atoms with E-state index in [1.165, 1.54) is 17.2 Å². The summed E-state index contributed by atoms with van der Waals surface area (Å²) in [4.78, 5) is 0. The van der Waals surface area contributed by atoms with Crippen LogP contribution < -0.4 is 0 Å². The molecule has 0 saturated carbocycles. The number of halogens is 4.